The van der Waals surface area contributed by atoms with Crippen LogP contribution in [0, 0.1) is 0 Å². The van der Waals surface area contributed by atoms with Crippen LogP contribution in [0.25, 0.3) is 6.08 Å². The van der Waals surface area contributed by atoms with E-state index in [-0.39, 0.29) is 36.4 Å². The molecule has 160 valence electrons. The lowest BCUT2D eigenvalue weighted by molar-refractivity contribution is -0.238. The third-order valence-corrected chi connectivity index (χ3v) is 4.98. The third kappa shape index (κ3) is 7.16. The molecule has 0 bridgehead atoms. The van der Waals surface area contributed by atoms with Gasteiger partial charge >= 0.3 is 18.1 Å². The van der Waals surface area contributed by atoms with Crippen molar-refractivity contribution < 1.29 is 37.1 Å². The Morgan fingerprint density at radius 2 is 2.10 bits per heavy atom. The zero-order chi connectivity index (χ0) is 21.6. The van der Waals surface area contributed by atoms with Crippen LogP contribution in [0.2, 0.25) is 0 Å². The fourth-order valence-corrected chi connectivity index (χ4v) is 3.46. The number of nitrogens with zero attached hydrogens (tertiary/aromatic N) is 4. The second-order valence-electron chi connectivity index (χ2n) is 6.08. The Balaban J connectivity index is 2.13. The Morgan fingerprint density at radius 1 is 1.38 bits per heavy atom. The summed E-state index contributed by atoms with van der Waals surface area (Å²) in [5, 5.41) is 8.26. The summed E-state index contributed by atoms with van der Waals surface area (Å²) < 4.78 is 43.3. The van der Waals surface area contributed by atoms with Crippen molar-refractivity contribution >= 4 is 34.9 Å². The molecule has 1 aromatic heterocycles. The SMILES string of the molecule is COC(=O)CCn1cc(/C=C2/CN(OC(=O)C(F)(F)F)CCC2SC(C)=O)nn1. The van der Waals surface area contributed by atoms with Crippen molar-refractivity contribution in [3.8, 4) is 0 Å². The van der Waals surface area contributed by atoms with Crippen molar-refractivity contribution in [2.45, 2.75) is 37.7 Å². The van der Waals surface area contributed by atoms with Gasteiger partial charge in [-0.2, -0.15) is 13.2 Å². The fourth-order valence-electron chi connectivity index (χ4n) is 2.54. The van der Waals surface area contributed by atoms with Gasteiger partial charge in [-0.25, -0.2) is 4.79 Å². The van der Waals surface area contributed by atoms with Crippen LogP contribution in [0.4, 0.5) is 13.2 Å². The molecule has 29 heavy (non-hydrogen) atoms. The highest BCUT2D eigenvalue weighted by atomic mass is 32.2. The minimum atomic E-state index is -5.10. The first-order chi connectivity index (χ1) is 13.6. The van der Waals surface area contributed by atoms with Crippen LogP contribution in [-0.4, -0.2) is 68.7 Å². The second-order valence-corrected chi connectivity index (χ2v) is 7.46. The van der Waals surface area contributed by atoms with E-state index in [0.717, 1.165) is 16.8 Å². The third-order valence-electron chi connectivity index (χ3n) is 3.83. The lowest BCUT2D eigenvalue weighted by atomic mass is 10.0. The van der Waals surface area contributed by atoms with E-state index in [1.54, 1.807) is 12.3 Å². The molecule has 9 nitrogen and oxygen atoms in total. The number of halogens is 3. The topological polar surface area (TPSA) is 104 Å². The number of aromatic nitrogens is 3. The van der Waals surface area contributed by atoms with Gasteiger partial charge in [0.1, 0.15) is 5.69 Å². The van der Waals surface area contributed by atoms with Gasteiger partial charge in [-0.15, -0.1) is 10.2 Å². The Bertz CT molecular complexity index is 796. The number of thioether (sulfide) groups is 1. The van der Waals surface area contributed by atoms with E-state index in [9.17, 15) is 27.6 Å². The molecule has 2 heterocycles. The van der Waals surface area contributed by atoms with E-state index in [1.165, 1.54) is 18.7 Å². The highest BCUT2D eigenvalue weighted by Crippen LogP contribution is 2.30. The van der Waals surface area contributed by atoms with Crippen molar-refractivity contribution in [2.75, 3.05) is 20.2 Å². The smallest absolute Gasteiger partial charge is 0.469 e. The Labute approximate surface area is 168 Å². The predicted molar refractivity (Wildman–Crippen MR) is 95.0 cm³/mol. The van der Waals surface area contributed by atoms with Crippen LogP contribution in [0.15, 0.2) is 11.8 Å². The average Bonchev–Trinajstić information content (AvgIpc) is 3.08. The second kappa shape index (κ2) is 9.87. The molecule has 1 aliphatic rings. The average molecular weight is 436 g/mol. The number of carbonyl (C=O) groups excluding carboxylic acids is 3. The van der Waals surface area contributed by atoms with E-state index in [2.05, 4.69) is 19.9 Å². The molecular weight excluding hydrogens is 417 g/mol. The van der Waals surface area contributed by atoms with E-state index < -0.39 is 18.1 Å². The Hall–Kier alpha value is -2.41. The molecule has 1 fully saturated rings. The molecule has 0 radical (unpaired) electrons. The molecule has 2 rings (SSSR count). The number of carbonyl (C=O) groups is 3. The van der Waals surface area contributed by atoms with Crippen LogP contribution in [0.5, 0.6) is 0 Å². The van der Waals surface area contributed by atoms with Gasteiger partial charge in [0, 0.05) is 18.7 Å². The molecular formula is C16H19F3N4O5S. The minimum absolute atomic E-state index is 0.0515. The van der Waals surface area contributed by atoms with Crippen LogP contribution in [0.3, 0.4) is 0 Å². The summed E-state index contributed by atoms with van der Waals surface area (Å²) in [7, 11) is 1.27. The van der Waals surface area contributed by atoms with E-state index in [4.69, 9.17) is 0 Å². The number of hydroxylamine groups is 2. The number of rotatable bonds is 6. The maximum Gasteiger partial charge on any atom is 0.492 e. The first kappa shape index (κ1) is 22.9. The summed E-state index contributed by atoms with van der Waals surface area (Å²) in [6.45, 7) is 1.57. The van der Waals surface area contributed by atoms with Crippen LogP contribution in [-0.2, 0) is 30.5 Å². The number of esters is 1. The Morgan fingerprint density at radius 3 is 2.72 bits per heavy atom. The molecule has 0 N–H and O–H groups in total. The molecule has 1 saturated heterocycles. The molecule has 0 amide bonds. The summed E-state index contributed by atoms with van der Waals surface area (Å²) in [6, 6.07) is 0. The van der Waals surface area contributed by atoms with Gasteiger partial charge < -0.3 is 9.57 Å². The molecule has 1 unspecified atom stereocenters. The molecule has 0 spiro atoms. The van der Waals surface area contributed by atoms with E-state index >= 15 is 0 Å². The molecule has 0 saturated carbocycles. The predicted octanol–water partition coefficient (Wildman–Crippen LogP) is 1.60. The summed E-state index contributed by atoms with van der Waals surface area (Å²) >= 11 is 1.04. The van der Waals surface area contributed by atoms with Crippen molar-refractivity contribution in [2.24, 2.45) is 0 Å². The molecule has 1 atom stereocenters. The summed E-state index contributed by atoms with van der Waals surface area (Å²) in [4.78, 5) is 38.2. The van der Waals surface area contributed by atoms with Crippen molar-refractivity contribution in [1.82, 2.24) is 20.1 Å². The zero-order valence-electron chi connectivity index (χ0n) is 15.6. The highest BCUT2D eigenvalue weighted by molar-refractivity contribution is 8.14. The fraction of sp³-hybridized carbons (Fsp3) is 0.562. The zero-order valence-corrected chi connectivity index (χ0v) is 16.5. The maximum absolute atomic E-state index is 12.4. The van der Waals surface area contributed by atoms with Crippen molar-refractivity contribution in [3.05, 3.63) is 17.5 Å². The molecule has 0 aromatic carbocycles. The summed E-state index contributed by atoms with van der Waals surface area (Å²) in [5.41, 5.74) is 0.953. The van der Waals surface area contributed by atoms with Gasteiger partial charge in [-0.3, -0.25) is 14.3 Å². The number of aryl methyl sites for hydroxylation is 1. The van der Waals surface area contributed by atoms with Crippen molar-refractivity contribution in [3.63, 3.8) is 0 Å². The summed E-state index contributed by atoms with van der Waals surface area (Å²) in [6.07, 6.45) is -1.57. The number of alkyl halides is 3. The molecule has 1 aromatic rings. The van der Waals surface area contributed by atoms with E-state index in [0.29, 0.717) is 17.7 Å². The van der Waals surface area contributed by atoms with Crippen LogP contribution >= 0.6 is 11.8 Å². The van der Waals surface area contributed by atoms with Gasteiger partial charge in [-0.1, -0.05) is 17.0 Å². The lowest BCUT2D eigenvalue weighted by Crippen LogP contribution is -2.41. The van der Waals surface area contributed by atoms with Gasteiger partial charge in [0.25, 0.3) is 0 Å². The normalized spacial score (nSPS) is 19.2. The first-order valence-corrected chi connectivity index (χ1v) is 9.35. The van der Waals surface area contributed by atoms with Crippen molar-refractivity contribution in [1.29, 1.82) is 0 Å². The number of methoxy groups -OCH3 is 1. The molecule has 1 aliphatic heterocycles. The molecule has 13 heteroatoms. The van der Waals surface area contributed by atoms with Gasteiger partial charge in [0.15, 0.2) is 5.12 Å². The standard InChI is InChI=1S/C16H19F3N4O5S/c1-10(24)29-13-3-6-23(28-15(26)16(17,18)19)8-11(13)7-12-9-22(21-20-12)5-4-14(25)27-2/h7,9,13H,3-6,8H2,1-2H3/b11-7-. The van der Waals surface area contributed by atoms with Gasteiger partial charge in [0.05, 0.1) is 32.8 Å². The Kier molecular flexibility index (Phi) is 7.79. The number of hydrogen-bond acceptors (Lipinski definition) is 9. The number of hydrogen-bond donors (Lipinski definition) is 0. The highest BCUT2D eigenvalue weighted by Gasteiger charge is 2.43. The summed E-state index contributed by atoms with van der Waals surface area (Å²) in [5.74, 6) is -2.71. The minimum Gasteiger partial charge on any atom is -0.469 e. The van der Waals surface area contributed by atoms with Crippen LogP contribution < -0.4 is 0 Å². The first-order valence-electron chi connectivity index (χ1n) is 8.47. The van der Waals surface area contributed by atoms with E-state index in [1.807, 2.05) is 0 Å². The van der Waals surface area contributed by atoms with Crippen LogP contribution in [0.1, 0.15) is 25.5 Å². The maximum atomic E-state index is 12.4. The van der Waals surface area contributed by atoms with Gasteiger partial charge in [0.2, 0.25) is 0 Å². The lowest BCUT2D eigenvalue weighted by Gasteiger charge is -2.32. The largest absolute Gasteiger partial charge is 0.492 e. The number of ether oxygens (including phenoxy) is 1. The number of piperidine rings is 1. The quantitative estimate of drug-likeness (QED) is 0.615. The molecule has 0 aliphatic carbocycles. The van der Waals surface area contributed by atoms with Gasteiger partial charge in [-0.05, 0) is 18.1 Å². The monoisotopic (exact) mass is 436 g/mol.